The molecule has 1 unspecified atom stereocenters. The zero-order valence-corrected chi connectivity index (χ0v) is 13.2. The molecule has 0 aliphatic carbocycles. The Hall–Kier alpha value is -2.12. The highest BCUT2D eigenvalue weighted by atomic mass is 35.5. The number of nitrogens with one attached hydrogen (secondary N) is 3. The normalized spacial score (nSPS) is 11.7. The lowest BCUT2D eigenvalue weighted by Crippen LogP contribution is -2.43. The number of rotatable bonds is 5. The molecule has 0 saturated carbocycles. The smallest absolute Gasteiger partial charge is 0.329 e. The van der Waals surface area contributed by atoms with Crippen LogP contribution in [0.4, 0.5) is 0 Å². The van der Waals surface area contributed by atoms with Gasteiger partial charge in [0.05, 0.1) is 10.9 Å². The van der Waals surface area contributed by atoms with E-state index in [4.69, 9.17) is 0 Å². The summed E-state index contributed by atoms with van der Waals surface area (Å²) in [5, 5.41) is 6.03. The van der Waals surface area contributed by atoms with Crippen LogP contribution in [0.1, 0.15) is 6.92 Å². The van der Waals surface area contributed by atoms with E-state index in [0.717, 1.165) is 4.57 Å². The molecule has 0 radical (unpaired) electrons. The van der Waals surface area contributed by atoms with Crippen LogP contribution in [-0.4, -0.2) is 35.1 Å². The number of nitrogens with zero attached hydrogens (tertiary/aromatic N) is 1. The van der Waals surface area contributed by atoms with Gasteiger partial charge in [-0.2, -0.15) is 0 Å². The third-order valence-electron chi connectivity index (χ3n) is 3.29. The monoisotopic (exact) mass is 326 g/mol. The van der Waals surface area contributed by atoms with Crippen molar-refractivity contribution in [3.8, 4) is 0 Å². The van der Waals surface area contributed by atoms with E-state index in [1.54, 1.807) is 31.3 Å². The van der Waals surface area contributed by atoms with Gasteiger partial charge in [-0.25, -0.2) is 4.79 Å². The van der Waals surface area contributed by atoms with E-state index >= 15 is 0 Å². The Labute approximate surface area is 133 Å². The summed E-state index contributed by atoms with van der Waals surface area (Å²) < 4.78 is 0.904. The molecule has 3 N–H and O–H groups in total. The summed E-state index contributed by atoms with van der Waals surface area (Å²) >= 11 is 0. The first-order chi connectivity index (χ1) is 10.0. The highest BCUT2D eigenvalue weighted by Crippen LogP contribution is 2.02. The molecule has 22 heavy (non-hydrogen) atoms. The van der Waals surface area contributed by atoms with E-state index in [-0.39, 0.29) is 30.9 Å². The van der Waals surface area contributed by atoms with Crippen molar-refractivity contribution in [1.29, 1.82) is 0 Å². The van der Waals surface area contributed by atoms with E-state index < -0.39 is 11.2 Å². The number of hydrogen-bond acceptors (Lipinski definition) is 4. The summed E-state index contributed by atoms with van der Waals surface area (Å²) in [5.74, 6) is -0.375. The highest BCUT2D eigenvalue weighted by molar-refractivity contribution is 5.85. The van der Waals surface area contributed by atoms with Gasteiger partial charge < -0.3 is 15.6 Å². The standard InChI is InChI=1S/C14H18N4O3.ClH/c1-9(15-2)7-16-12(19)8-18-13(20)10-5-3-4-6-11(10)17-14(18)21;/h3-6,9,15H,7-8H2,1-2H3,(H,16,19)(H,17,21);1H. The number of hydrogen-bond donors (Lipinski definition) is 3. The minimum absolute atomic E-state index is 0. The SMILES string of the molecule is CNC(C)CNC(=O)Cn1c(=O)[nH]c2ccccc2c1=O.Cl. The van der Waals surface area contributed by atoms with Gasteiger partial charge in [0.15, 0.2) is 0 Å². The number of likely N-dealkylation sites (N-methyl/N-ethyl adjacent to an activating group) is 1. The van der Waals surface area contributed by atoms with E-state index in [0.29, 0.717) is 17.4 Å². The number of carbonyl (C=O) groups excluding carboxylic acids is 1. The van der Waals surface area contributed by atoms with Crippen molar-refractivity contribution in [1.82, 2.24) is 20.2 Å². The van der Waals surface area contributed by atoms with Crippen LogP contribution in [0.2, 0.25) is 0 Å². The average molecular weight is 327 g/mol. The molecule has 0 spiro atoms. The third-order valence-corrected chi connectivity index (χ3v) is 3.29. The van der Waals surface area contributed by atoms with Crippen LogP contribution in [0.5, 0.6) is 0 Å². The van der Waals surface area contributed by atoms with Crippen molar-refractivity contribution in [2.24, 2.45) is 0 Å². The first-order valence-corrected chi connectivity index (χ1v) is 6.68. The largest absolute Gasteiger partial charge is 0.353 e. The molecule has 7 nitrogen and oxygen atoms in total. The van der Waals surface area contributed by atoms with E-state index in [1.807, 2.05) is 6.92 Å². The van der Waals surface area contributed by atoms with Gasteiger partial charge in [-0.05, 0) is 26.1 Å². The highest BCUT2D eigenvalue weighted by Gasteiger charge is 2.11. The van der Waals surface area contributed by atoms with Crippen molar-refractivity contribution in [2.75, 3.05) is 13.6 Å². The molecule has 1 aromatic carbocycles. The summed E-state index contributed by atoms with van der Waals surface area (Å²) in [6.45, 7) is 2.04. The Morgan fingerprint density at radius 2 is 2.00 bits per heavy atom. The van der Waals surface area contributed by atoms with Gasteiger partial charge in [-0.15, -0.1) is 12.4 Å². The molecule has 1 heterocycles. The molecular formula is C14H19ClN4O3. The number of halogens is 1. The van der Waals surface area contributed by atoms with Gasteiger partial charge in [0.25, 0.3) is 5.56 Å². The van der Waals surface area contributed by atoms with E-state index in [9.17, 15) is 14.4 Å². The summed E-state index contributed by atoms with van der Waals surface area (Å²) in [4.78, 5) is 38.5. The van der Waals surface area contributed by atoms with Crippen LogP contribution in [0, 0.1) is 0 Å². The molecule has 120 valence electrons. The van der Waals surface area contributed by atoms with Crippen molar-refractivity contribution in [3.05, 3.63) is 45.1 Å². The fourth-order valence-electron chi connectivity index (χ4n) is 1.91. The Morgan fingerprint density at radius 1 is 1.32 bits per heavy atom. The minimum atomic E-state index is -0.587. The third kappa shape index (κ3) is 3.96. The van der Waals surface area contributed by atoms with Crippen LogP contribution in [0.15, 0.2) is 33.9 Å². The molecule has 1 atom stereocenters. The lowest BCUT2D eigenvalue weighted by Gasteiger charge is -2.12. The van der Waals surface area contributed by atoms with Gasteiger partial charge in [-0.1, -0.05) is 12.1 Å². The predicted octanol–water partition coefficient (Wildman–Crippen LogP) is -0.164. The summed E-state index contributed by atoms with van der Waals surface area (Å²) in [5.41, 5.74) is -0.588. The maximum Gasteiger partial charge on any atom is 0.329 e. The number of aromatic amines is 1. The van der Waals surface area contributed by atoms with Crippen molar-refractivity contribution >= 4 is 29.2 Å². The van der Waals surface area contributed by atoms with Gasteiger partial charge in [-0.3, -0.25) is 14.2 Å². The zero-order valence-electron chi connectivity index (χ0n) is 12.4. The van der Waals surface area contributed by atoms with Crippen LogP contribution < -0.4 is 21.9 Å². The second kappa shape index (κ2) is 7.77. The van der Waals surface area contributed by atoms with Gasteiger partial charge in [0.2, 0.25) is 5.91 Å². The van der Waals surface area contributed by atoms with Gasteiger partial charge in [0.1, 0.15) is 6.54 Å². The lowest BCUT2D eigenvalue weighted by atomic mass is 10.2. The second-order valence-corrected chi connectivity index (χ2v) is 4.86. The Balaban J connectivity index is 0.00000242. The Morgan fingerprint density at radius 3 is 2.68 bits per heavy atom. The van der Waals surface area contributed by atoms with E-state index in [2.05, 4.69) is 15.6 Å². The second-order valence-electron chi connectivity index (χ2n) is 4.86. The maximum atomic E-state index is 12.2. The molecule has 0 bridgehead atoms. The summed E-state index contributed by atoms with van der Waals surface area (Å²) in [6.07, 6.45) is 0. The first-order valence-electron chi connectivity index (χ1n) is 6.68. The predicted molar refractivity (Wildman–Crippen MR) is 87.6 cm³/mol. The minimum Gasteiger partial charge on any atom is -0.353 e. The van der Waals surface area contributed by atoms with Crippen LogP contribution in [-0.2, 0) is 11.3 Å². The average Bonchev–Trinajstić information content (AvgIpc) is 2.49. The number of carbonyl (C=O) groups is 1. The molecular weight excluding hydrogens is 308 g/mol. The lowest BCUT2D eigenvalue weighted by molar-refractivity contribution is -0.121. The fraction of sp³-hybridized carbons (Fsp3) is 0.357. The molecule has 0 saturated heterocycles. The van der Waals surface area contributed by atoms with Crippen LogP contribution >= 0.6 is 12.4 Å². The van der Waals surface area contributed by atoms with Gasteiger partial charge >= 0.3 is 5.69 Å². The van der Waals surface area contributed by atoms with Crippen LogP contribution in [0.3, 0.4) is 0 Å². The zero-order chi connectivity index (χ0) is 15.4. The molecule has 2 rings (SSSR count). The molecule has 0 aliphatic rings. The summed E-state index contributed by atoms with van der Waals surface area (Å²) in [7, 11) is 1.79. The molecule has 2 aromatic rings. The van der Waals surface area contributed by atoms with Crippen molar-refractivity contribution in [3.63, 3.8) is 0 Å². The number of fused-ring (bicyclic) bond motifs is 1. The van der Waals surface area contributed by atoms with Crippen molar-refractivity contribution < 1.29 is 4.79 Å². The maximum absolute atomic E-state index is 12.2. The van der Waals surface area contributed by atoms with Crippen molar-refractivity contribution in [2.45, 2.75) is 19.5 Å². The Kier molecular flexibility index (Phi) is 6.33. The number of para-hydroxylation sites is 1. The first kappa shape index (κ1) is 17.9. The number of amides is 1. The number of H-pyrrole nitrogens is 1. The summed E-state index contributed by atoms with van der Waals surface area (Å²) in [6, 6.07) is 6.82. The topological polar surface area (TPSA) is 96.0 Å². The molecule has 1 aromatic heterocycles. The molecule has 0 aliphatic heterocycles. The molecule has 1 amide bonds. The van der Waals surface area contributed by atoms with Gasteiger partial charge in [0, 0.05) is 12.6 Å². The quantitative estimate of drug-likeness (QED) is 0.711. The Bertz CT molecular complexity index is 769. The molecule has 0 fully saturated rings. The van der Waals surface area contributed by atoms with E-state index in [1.165, 1.54) is 0 Å². The molecule has 8 heteroatoms. The van der Waals surface area contributed by atoms with Crippen LogP contribution in [0.25, 0.3) is 10.9 Å². The number of benzene rings is 1. The number of aromatic nitrogens is 2. The fourth-order valence-corrected chi connectivity index (χ4v) is 1.91.